The molecule has 0 aliphatic carbocycles. The third kappa shape index (κ3) is 4.62. The van der Waals surface area contributed by atoms with Crippen molar-refractivity contribution < 1.29 is 4.79 Å². The number of thioether (sulfide) groups is 1. The van der Waals surface area contributed by atoms with Crippen molar-refractivity contribution in [2.45, 2.75) is 30.8 Å². The van der Waals surface area contributed by atoms with Gasteiger partial charge >= 0.3 is 0 Å². The molecule has 138 valence electrons. The van der Waals surface area contributed by atoms with E-state index in [1.54, 1.807) is 18.5 Å². The number of amides is 1. The summed E-state index contributed by atoms with van der Waals surface area (Å²) in [6.07, 6.45) is 5.22. The predicted molar refractivity (Wildman–Crippen MR) is 109 cm³/mol. The van der Waals surface area contributed by atoms with Gasteiger partial charge in [0.25, 0.3) is 0 Å². The van der Waals surface area contributed by atoms with Crippen molar-refractivity contribution in [1.82, 2.24) is 19.7 Å². The molecule has 0 radical (unpaired) electrons. The van der Waals surface area contributed by atoms with Crippen LogP contribution in [0.2, 0.25) is 0 Å². The molecule has 0 bridgehead atoms. The van der Waals surface area contributed by atoms with Crippen LogP contribution in [-0.4, -0.2) is 30.9 Å². The van der Waals surface area contributed by atoms with Crippen LogP contribution in [0.3, 0.4) is 0 Å². The Balaban J connectivity index is 1.77. The van der Waals surface area contributed by atoms with Gasteiger partial charge in [0.2, 0.25) is 5.91 Å². The van der Waals surface area contributed by atoms with E-state index in [4.69, 9.17) is 0 Å². The molecule has 0 saturated heterocycles. The maximum atomic E-state index is 12.6. The van der Waals surface area contributed by atoms with Gasteiger partial charge in [0.05, 0.1) is 5.25 Å². The van der Waals surface area contributed by atoms with Crippen molar-refractivity contribution in [3.05, 3.63) is 67.0 Å². The van der Waals surface area contributed by atoms with E-state index in [0.29, 0.717) is 11.7 Å². The number of carbonyl (C=O) groups is 1. The number of aromatic nitrogens is 4. The number of allylic oxidation sites excluding steroid dienone is 1. The molecule has 1 N–H and O–H groups in total. The molecule has 7 heteroatoms. The Morgan fingerprint density at radius 2 is 2.07 bits per heavy atom. The summed E-state index contributed by atoms with van der Waals surface area (Å²) >= 11 is 1.37. The molecular weight excluding hydrogens is 358 g/mol. The van der Waals surface area contributed by atoms with E-state index in [9.17, 15) is 4.79 Å². The van der Waals surface area contributed by atoms with E-state index in [0.717, 1.165) is 22.6 Å². The first-order chi connectivity index (χ1) is 13.1. The molecule has 0 spiro atoms. The Morgan fingerprint density at radius 3 is 2.78 bits per heavy atom. The fraction of sp³-hybridized carbons (Fsp3) is 0.200. The number of aryl methyl sites for hydroxylation is 1. The summed E-state index contributed by atoms with van der Waals surface area (Å²) in [6, 6.07) is 11.5. The van der Waals surface area contributed by atoms with Gasteiger partial charge in [-0.2, -0.15) is 0 Å². The van der Waals surface area contributed by atoms with Crippen LogP contribution in [0.1, 0.15) is 12.5 Å². The van der Waals surface area contributed by atoms with Crippen molar-refractivity contribution >= 4 is 23.4 Å². The molecule has 0 unspecified atom stereocenters. The number of nitrogens with one attached hydrogen (secondary N) is 1. The number of benzene rings is 1. The Hall–Kier alpha value is -2.93. The maximum absolute atomic E-state index is 12.6. The van der Waals surface area contributed by atoms with E-state index in [-0.39, 0.29) is 11.2 Å². The van der Waals surface area contributed by atoms with E-state index in [1.165, 1.54) is 11.8 Å². The van der Waals surface area contributed by atoms with Crippen LogP contribution >= 0.6 is 11.8 Å². The van der Waals surface area contributed by atoms with Crippen molar-refractivity contribution in [2.24, 2.45) is 0 Å². The Morgan fingerprint density at radius 1 is 1.30 bits per heavy atom. The second-order valence-corrected chi connectivity index (χ2v) is 7.37. The van der Waals surface area contributed by atoms with Crippen LogP contribution in [0.5, 0.6) is 0 Å². The molecule has 2 aromatic heterocycles. The number of hydrogen-bond acceptors (Lipinski definition) is 5. The highest BCUT2D eigenvalue weighted by Gasteiger charge is 2.20. The van der Waals surface area contributed by atoms with Crippen molar-refractivity contribution in [3.63, 3.8) is 0 Å². The summed E-state index contributed by atoms with van der Waals surface area (Å²) in [4.78, 5) is 16.6. The summed E-state index contributed by atoms with van der Waals surface area (Å²) in [5, 5.41) is 11.9. The van der Waals surface area contributed by atoms with Crippen molar-refractivity contribution in [1.29, 1.82) is 0 Å². The predicted octanol–water partition coefficient (Wildman–Crippen LogP) is 3.95. The molecular formula is C20H21N5OS. The highest BCUT2D eigenvalue weighted by atomic mass is 32.2. The number of anilines is 1. The first-order valence-corrected chi connectivity index (χ1v) is 9.45. The average molecular weight is 379 g/mol. The van der Waals surface area contributed by atoms with Crippen LogP contribution in [0.25, 0.3) is 11.4 Å². The summed E-state index contributed by atoms with van der Waals surface area (Å²) in [5.41, 5.74) is 2.81. The zero-order valence-electron chi connectivity index (χ0n) is 15.3. The van der Waals surface area contributed by atoms with Crippen LogP contribution in [0.4, 0.5) is 5.69 Å². The van der Waals surface area contributed by atoms with E-state index < -0.39 is 0 Å². The molecule has 0 aliphatic rings. The lowest BCUT2D eigenvalue weighted by Crippen LogP contribution is -2.23. The molecule has 2 heterocycles. The molecule has 0 fully saturated rings. The third-order valence-electron chi connectivity index (χ3n) is 3.90. The Labute approximate surface area is 162 Å². The van der Waals surface area contributed by atoms with Crippen molar-refractivity contribution in [2.75, 3.05) is 5.32 Å². The number of carbonyl (C=O) groups excluding carboxylic acids is 1. The van der Waals surface area contributed by atoms with Crippen LogP contribution in [0.15, 0.2) is 66.6 Å². The summed E-state index contributed by atoms with van der Waals surface area (Å²) < 4.78 is 1.95. The first-order valence-electron chi connectivity index (χ1n) is 8.57. The van der Waals surface area contributed by atoms with Crippen LogP contribution < -0.4 is 5.32 Å². The number of nitrogens with zero attached hydrogens (tertiary/aromatic N) is 4. The maximum Gasteiger partial charge on any atom is 0.237 e. The van der Waals surface area contributed by atoms with Gasteiger partial charge in [-0.25, -0.2) is 0 Å². The molecule has 1 atom stereocenters. The molecule has 1 amide bonds. The van der Waals surface area contributed by atoms with E-state index >= 15 is 0 Å². The van der Waals surface area contributed by atoms with Gasteiger partial charge in [0.15, 0.2) is 11.0 Å². The van der Waals surface area contributed by atoms with Gasteiger partial charge in [-0.05, 0) is 43.7 Å². The minimum atomic E-state index is -0.330. The largest absolute Gasteiger partial charge is 0.325 e. The van der Waals surface area contributed by atoms with Crippen molar-refractivity contribution in [3.8, 4) is 11.4 Å². The molecule has 0 aliphatic heterocycles. The monoisotopic (exact) mass is 379 g/mol. The van der Waals surface area contributed by atoms with Crippen LogP contribution in [-0.2, 0) is 11.3 Å². The smallest absolute Gasteiger partial charge is 0.237 e. The lowest BCUT2D eigenvalue weighted by Gasteiger charge is -2.13. The van der Waals surface area contributed by atoms with Gasteiger partial charge in [-0.1, -0.05) is 30.0 Å². The minimum absolute atomic E-state index is 0.0794. The quantitative estimate of drug-likeness (QED) is 0.497. The number of rotatable bonds is 7. The highest BCUT2D eigenvalue weighted by molar-refractivity contribution is 8.00. The van der Waals surface area contributed by atoms with E-state index in [2.05, 4.69) is 27.1 Å². The Bertz CT molecular complexity index is 939. The molecule has 6 nitrogen and oxygen atoms in total. The zero-order chi connectivity index (χ0) is 19.2. The van der Waals surface area contributed by atoms with Gasteiger partial charge in [0.1, 0.15) is 0 Å². The molecule has 1 aromatic carbocycles. The van der Waals surface area contributed by atoms with Gasteiger partial charge in [0, 0.05) is 30.2 Å². The summed E-state index contributed by atoms with van der Waals surface area (Å²) in [5.74, 6) is 0.648. The highest BCUT2D eigenvalue weighted by Crippen LogP contribution is 2.27. The second kappa shape index (κ2) is 8.64. The number of hydrogen-bond donors (Lipinski definition) is 1. The Kier molecular flexibility index (Phi) is 6.03. The van der Waals surface area contributed by atoms with Crippen LogP contribution in [0, 0.1) is 6.92 Å². The first kappa shape index (κ1) is 18.8. The fourth-order valence-electron chi connectivity index (χ4n) is 2.56. The van der Waals surface area contributed by atoms with Gasteiger partial charge in [-0.3, -0.25) is 14.3 Å². The summed E-state index contributed by atoms with van der Waals surface area (Å²) in [6.45, 7) is 8.22. The van der Waals surface area contributed by atoms with Gasteiger partial charge in [-0.15, -0.1) is 16.8 Å². The molecule has 3 rings (SSSR count). The SMILES string of the molecule is C=CCn1c(S[C@@H](C)C(=O)Nc2cccc(C)c2)nnc1-c1ccncc1. The third-order valence-corrected chi connectivity index (χ3v) is 4.98. The zero-order valence-corrected chi connectivity index (χ0v) is 16.1. The molecule has 0 saturated carbocycles. The lowest BCUT2D eigenvalue weighted by molar-refractivity contribution is -0.115. The standard InChI is InChI=1S/C20H21N5OS/c1-4-12-25-18(16-8-10-21-11-9-16)23-24-20(25)27-15(3)19(26)22-17-7-5-6-14(2)13-17/h4-11,13,15H,1,12H2,2-3H3,(H,22,26)/t15-/m0/s1. The summed E-state index contributed by atoms with van der Waals surface area (Å²) in [7, 11) is 0. The topological polar surface area (TPSA) is 72.7 Å². The second-order valence-electron chi connectivity index (χ2n) is 6.06. The minimum Gasteiger partial charge on any atom is -0.325 e. The average Bonchev–Trinajstić information content (AvgIpc) is 3.05. The lowest BCUT2D eigenvalue weighted by atomic mass is 10.2. The van der Waals surface area contributed by atoms with E-state index in [1.807, 2.05) is 54.8 Å². The normalized spacial score (nSPS) is 11.8. The molecule has 3 aromatic rings. The van der Waals surface area contributed by atoms with Gasteiger partial charge < -0.3 is 5.32 Å². The number of pyridine rings is 1. The molecule has 27 heavy (non-hydrogen) atoms. The fourth-order valence-corrected chi connectivity index (χ4v) is 3.42.